The minimum Gasteiger partial charge on any atom is -0.478 e. The van der Waals surface area contributed by atoms with E-state index in [9.17, 15) is 49.5 Å². The smallest absolute Gasteiger partial charge is 0.478 e. The first kappa shape index (κ1) is 33.7. The highest BCUT2D eigenvalue weighted by Crippen LogP contribution is 2.33. The third kappa shape index (κ3) is 7.66. The maximum Gasteiger partial charge on any atom is 0.573 e. The molecule has 2 N–H and O–H groups in total. The predicted octanol–water partition coefficient (Wildman–Crippen LogP) is 4.22. The Balaban J connectivity index is 1.42. The Labute approximate surface area is 265 Å². The Morgan fingerprint density at radius 3 is 2.47 bits per heavy atom. The van der Waals surface area contributed by atoms with Gasteiger partial charge in [-0.15, -0.1) is 13.2 Å². The van der Waals surface area contributed by atoms with Crippen LogP contribution in [0.2, 0.25) is 0 Å². The predicted molar refractivity (Wildman–Crippen MR) is 152 cm³/mol. The number of amides is 1. The van der Waals surface area contributed by atoms with E-state index in [1.807, 2.05) is 0 Å². The fraction of sp³-hybridized carbons (Fsp3) is 0.259. The number of piperazine rings is 1. The lowest BCUT2D eigenvalue weighted by atomic mass is 10.1. The molecule has 1 aliphatic rings. The second kappa shape index (κ2) is 13.2. The summed E-state index contributed by atoms with van der Waals surface area (Å²) in [5.74, 6) is -4.66. The normalized spacial score (nSPS) is 16.0. The Morgan fingerprint density at radius 1 is 1.11 bits per heavy atom. The van der Waals surface area contributed by atoms with Crippen molar-refractivity contribution in [2.45, 2.75) is 30.5 Å². The zero-order chi connectivity index (χ0) is 34.1. The van der Waals surface area contributed by atoms with Crippen LogP contribution >= 0.6 is 11.3 Å². The van der Waals surface area contributed by atoms with Crippen LogP contribution in [0.15, 0.2) is 59.8 Å². The van der Waals surface area contributed by atoms with Crippen molar-refractivity contribution < 1.29 is 58.9 Å². The highest BCUT2D eigenvalue weighted by Gasteiger charge is 2.41. The number of pyridine rings is 1. The number of carbonyl (C=O) groups is 2. The van der Waals surface area contributed by atoms with Crippen molar-refractivity contribution >= 4 is 48.6 Å². The van der Waals surface area contributed by atoms with E-state index in [0.717, 1.165) is 58.2 Å². The lowest BCUT2D eigenvalue weighted by molar-refractivity contribution is -0.274. The van der Waals surface area contributed by atoms with Crippen molar-refractivity contribution in [3.8, 4) is 11.5 Å². The number of sulfonamides is 1. The maximum atomic E-state index is 14.2. The Hall–Kier alpha value is -4.69. The number of hydrogen-bond donors (Lipinski definition) is 2. The second-order valence-corrected chi connectivity index (χ2v) is 12.7. The molecule has 0 saturated carbocycles. The third-order valence-corrected chi connectivity index (χ3v) is 9.74. The van der Waals surface area contributed by atoms with Gasteiger partial charge in [-0.2, -0.15) is 13.1 Å². The fourth-order valence-electron chi connectivity index (χ4n) is 4.68. The Kier molecular flexibility index (Phi) is 9.46. The summed E-state index contributed by atoms with van der Waals surface area (Å²) >= 11 is 1.05. The van der Waals surface area contributed by atoms with Crippen molar-refractivity contribution in [1.29, 1.82) is 0 Å². The first-order valence-corrected chi connectivity index (χ1v) is 15.5. The number of anilines is 1. The summed E-state index contributed by atoms with van der Waals surface area (Å²) in [5, 5.41) is 12.3. The Morgan fingerprint density at radius 2 is 1.83 bits per heavy atom. The van der Waals surface area contributed by atoms with Crippen LogP contribution in [0, 0.1) is 5.82 Å². The highest BCUT2D eigenvalue weighted by molar-refractivity contribution is 7.89. The first-order chi connectivity index (χ1) is 22.1. The molecule has 1 atom stereocenters. The van der Waals surface area contributed by atoms with Crippen LogP contribution < -0.4 is 19.7 Å². The molecule has 4 aromatic rings. The van der Waals surface area contributed by atoms with Crippen molar-refractivity contribution in [3.63, 3.8) is 0 Å². The third-order valence-electron chi connectivity index (χ3n) is 6.77. The molecule has 1 unspecified atom stereocenters. The summed E-state index contributed by atoms with van der Waals surface area (Å²) in [6, 6.07) is 4.89. The molecule has 12 nitrogen and oxygen atoms in total. The van der Waals surface area contributed by atoms with Gasteiger partial charge in [-0.3, -0.25) is 9.78 Å². The molecule has 2 aromatic heterocycles. The van der Waals surface area contributed by atoms with E-state index in [2.05, 4.69) is 24.8 Å². The van der Waals surface area contributed by atoms with E-state index in [1.165, 1.54) is 12.3 Å². The van der Waals surface area contributed by atoms with Gasteiger partial charge < -0.3 is 24.8 Å². The number of carboxylic acid groups (broad SMARTS) is 1. The standard InChI is InChI=1S/C27H21F6N5O7S2/c28-18-9-14(1-6-20(18)44-25(29)30)10-35-23(39)19-13-37(26-36-22-17(24(40)41)11-34-12-21(22)46-26)7-8-38(19)47(42,43)16-4-2-15(3-5-16)45-27(31,32)33/h1-6,9,11-12,19,25H,7-8,10,13H2,(H,35,39)(H,40,41). The SMILES string of the molecule is O=C(O)c1cncc2sc(N3CCN(S(=O)(=O)c4ccc(OC(F)(F)F)cc4)C(C(=O)NCc4ccc(OC(F)F)c(F)c4)C3)nc12. The number of aromatic nitrogens is 2. The molecule has 1 aliphatic heterocycles. The quantitative estimate of drug-likeness (QED) is 0.230. The lowest BCUT2D eigenvalue weighted by Gasteiger charge is -2.39. The molecule has 1 saturated heterocycles. The van der Waals surface area contributed by atoms with Crippen molar-refractivity contribution in [2.24, 2.45) is 0 Å². The molecule has 20 heteroatoms. The van der Waals surface area contributed by atoms with Crippen molar-refractivity contribution in [1.82, 2.24) is 19.6 Å². The van der Waals surface area contributed by atoms with E-state index >= 15 is 0 Å². The molecule has 3 heterocycles. The van der Waals surface area contributed by atoms with Gasteiger partial charge in [0.15, 0.2) is 16.7 Å². The van der Waals surface area contributed by atoms with E-state index in [1.54, 1.807) is 4.90 Å². The number of nitrogens with zero attached hydrogens (tertiary/aromatic N) is 4. The van der Waals surface area contributed by atoms with E-state index in [-0.39, 0.29) is 48.0 Å². The number of halogens is 6. The number of ether oxygens (including phenoxy) is 2. The van der Waals surface area contributed by atoms with Gasteiger partial charge in [0, 0.05) is 38.6 Å². The van der Waals surface area contributed by atoms with Crippen LogP contribution in [0.25, 0.3) is 10.2 Å². The number of carbonyl (C=O) groups excluding carboxylic acids is 1. The molecule has 0 radical (unpaired) electrons. The lowest BCUT2D eigenvalue weighted by Crippen LogP contribution is -2.60. The van der Waals surface area contributed by atoms with Crippen LogP contribution in [-0.4, -0.2) is 78.3 Å². The average molecular weight is 706 g/mol. The monoisotopic (exact) mass is 705 g/mol. The van der Waals surface area contributed by atoms with Crippen LogP contribution in [0.5, 0.6) is 11.5 Å². The summed E-state index contributed by atoms with van der Waals surface area (Å²) in [4.78, 5) is 34.6. The molecule has 250 valence electrons. The second-order valence-electron chi connectivity index (χ2n) is 9.79. The van der Waals surface area contributed by atoms with Crippen molar-refractivity contribution in [2.75, 3.05) is 24.5 Å². The summed E-state index contributed by atoms with van der Waals surface area (Å²) in [6.07, 6.45) is -2.49. The molecule has 0 aliphatic carbocycles. The van der Waals surface area contributed by atoms with E-state index in [0.29, 0.717) is 4.70 Å². The number of benzene rings is 2. The number of alkyl halides is 5. The molecule has 0 spiro atoms. The van der Waals surface area contributed by atoms with Gasteiger partial charge in [0.05, 0.1) is 9.60 Å². The number of rotatable bonds is 10. The summed E-state index contributed by atoms with van der Waals surface area (Å²) in [6.45, 7) is -4.26. The molecule has 1 amide bonds. The minimum atomic E-state index is -5.01. The number of carboxylic acids is 1. The molecule has 0 bridgehead atoms. The highest BCUT2D eigenvalue weighted by atomic mass is 32.2. The van der Waals surface area contributed by atoms with Crippen LogP contribution in [0.3, 0.4) is 0 Å². The molecule has 47 heavy (non-hydrogen) atoms. The summed E-state index contributed by atoms with van der Waals surface area (Å²) < 4.78 is 114. The fourth-order valence-corrected chi connectivity index (χ4v) is 7.24. The number of fused-ring (bicyclic) bond motifs is 1. The zero-order valence-electron chi connectivity index (χ0n) is 23.4. The van der Waals surface area contributed by atoms with Gasteiger partial charge in [0.2, 0.25) is 15.9 Å². The molecular formula is C27H21F6N5O7S2. The largest absolute Gasteiger partial charge is 0.573 e. The van der Waals surface area contributed by atoms with Crippen LogP contribution in [0.4, 0.5) is 31.5 Å². The molecular weight excluding hydrogens is 684 g/mol. The number of thiazole rings is 1. The van der Waals surface area contributed by atoms with Crippen molar-refractivity contribution in [3.05, 3.63) is 71.8 Å². The van der Waals surface area contributed by atoms with Crippen LogP contribution in [0.1, 0.15) is 15.9 Å². The molecule has 1 fully saturated rings. The van der Waals surface area contributed by atoms with Crippen LogP contribution in [-0.2, 0) is 21.4 Å². The Bertz CT molecular complexity index is 1910. The van der Waals surface area contributed by atoms with Gasteiger partial charge in [0.1, 0.15) is 22.9 Å². The summed E-state index contributed by atoms with van der Waals surface area (Å²) in [7, 11) is -4.51. The average Bonchev–Trinajstić information content (AvgIpc) is 3.45. The van der Waals surface area contributed by atoms with E-state index in [4.69, 9.17) is 0 Å². The zero-order valence-corrected chi connectivity index (χ0v) is 25.1. The number of nitrogens with one attached hydrogen (secondary N) is 1. The first-order valence-electron chi connectivity index (χ1n) is 13.2. The molecule has 5 rings (SSSR count). The molecule has 2 aromatic carbocycles. The number of hydrogen-bond acceptors (Lipinski definition) is 10. The number of aromatic carboxylic acids is 1. The summed E-state index contributed by atoms with van der Waals surface area (Å²) in [5.41, 5.74) is 0.0846. The van der Waals surface area contributed by atoms with Gasteiger partial charge in [-0.05, 0) is 42.0 Å². The minimum absolute atomic E-state index is 0.0231. The van der Waals surface area contributed by atoms with Gasteiger partial charge in [-0.25, -0.2) is 22.6 Å². The van der Waals surface area contributed by atoms with Gasteiger partial charge in [-0.1, -0.05) is 17.4 Å². The maximum absolute atomic E-state index is 14.2. The van der Waals surface area contributed by atoms with E-state index < -0.39 is 63.1 Å². The topological polar surface area (TPSA) is 151 Å². The van der Waals surface area contributed by atoms with Gasteiger partial charge in [0.25, 0.3) is 0 Å². The van der Waals surface area contributed by atoms with Gasteiger partial charge >= 0.3 is 18.9 Å².